The minimum Gasteiger partial charge on any atom is -0.244 e. The summed E-state index contributed by atoms with van der Waals surface area (Å²) in [6.45, 7) is 0.473. The van der Waals surface area contributed by atoms with Crippen LogP contribution in [0.5, 0.6) is 0 Å². The Balaban J connectivity index is 1.82. The number of halogens is 2. The Hall–Kier alpha value is -1.93. The van der Waals surface area contributed by atoms with Gasteiger partial charge in [-0.1, -0.05) is 0 Å². The van der Waals surface area contributed by atoms with Crippen LogP contribution in [-0.2, 0) is 28.7 Å². The summed E-state index contributed by atoms with van der Waals surface area (Å²) in [6, 6.07) is 2.77. The van der Waals surface area contributed by atoms with Crippen molar-refractivity contribution >= 4 is 10.0 Å². The van der Waals surface area contributed by atoms with E-state index in [1.54, 1.807) is 6.20 Å². The third-order valence-electron chi connectivity index (χ3n) is 3.49. The lowest BCUT2D eigenvalue weighted by atomic mass is 10.1. The Morgan fingerprint density at radius 3 is 2.64 bits per heavy atom. The number of fused-ring (bicyclic) bond motifs is 1. The minimum atomic E-state index is -3.67. The first-order chi connectivity index (χ1) is 10.4. The van der Waals surface area contributed by atoms with Gasteiger partial charge < -0.3 is 0 Å². The smallest absolute Gasteiger partial charge is 0.218 e. The summed E-state index contributed by atoms with van der Waals surface area (Å²) in [7, 11) is -3.67. The molecule has 0 spiro atoms. The standard InChI is InChI=1S/C14H13F2N3O2S/c15-12-3-10(4-13(16)5-12)8-22(20,21)19-2-1-14-11(7-19)6-17-9-18-14/h3-6,9H,1-2,7-8H2. The quantitative estimate of drug-likeness (QED) is 0.861. The number of rotatable bonds is 3. The van der Waals surface area contributed by atoms with Crippen molar-refractivity contribution in [2.24, 2.45) is 0 Å². The van der Waals surface area contributed by atoms with Crippen LogP contribution in [0.15, 0.2) is 30.7 Å². The van der Waals surface area contributed by atoms with Gasteiger partial charge in [-0.15, -0.1) is 0 Å². The molecule has 0 N–H and O–H groups in total. The monoisotopic (exact) mass is 325 g/mol. The van der Waals surface area contributed by atoms with Gasteiger partial charge in [0.15, 0.2) is 0 Å². The zero-order valence-electron chi connectivity index (χ0n) is 11.5. The summed E-state index contributed by atoms with van der Waals surface area (Å²) in [5.74, 6) is -2.02. The van der Waals surface area contributed by atoms with E-state index in [0.29, 0.717) is 19.0 Å². The number of hydrogen-bond donors (Lipinski definition) is 0. The van der Waals surface area contributed by atoms with Crippen LogP contribution in [0.2, 0.25) is 0 Å². The molecule has 0 aliphatic carbocycles. The summed E-state index contributed by atoms with van der Waals surface area (Å²) in [5, 5.41) is 0. The Morgan fingerprint density at radius 1 is 1.18 bits per heavy atom. The summed E-state index contributed by atoms with van der Waals surface area (Å²) in [4.78, 5) is 8.00. The molecular formula is C14H13F2N3O2S. The average molecular weight is 325 g/mol. The van der Waals surface area contributed by atoms with E-state index in [1.807, 2.05) is 0 Å². The molecule has 1 aromatic carbocycles. The molecule has 3 rings (SSSR count). The van der Waals surface area contributed by atoms with E-state index in [0.717, 1.165) is 23.4 Å². The van der Waals surface area contributed by atoms with Gasteiger partial charge in [-0.3, -0.25) is 0 Å². The Morgan fingerprint density at radius 2 is 1.91 bits per heavy atom. The van der Waals surface area contributed by atoms with Gasteiger partial charge >= 0.3 is 0 Å². The van der Waals surface area contributed by atoms with Crippen LogP contribution in [0, 0.1) is 11.6 Å². The van der Waals surface area contributed by atoms with Gasteiger partial charge in [-0.2, -0.15) is 4.31 Å². The molecule has 0 radical (unpaired) electrons. The first-order valence-electron chi connectivity index (χ1n) is 6.64. The molecule has 2 aromatic rings. The van der Waals surface area contributed by atoms with Crippen molar-refractivity contribution < 1.29 is 17.2 Å². The fourth-order valence-corrected chi connectivity index (χ4v) is 3.95. The highest BCUT2D eigenvalue weighted by molar-refractivity contribution is 7.88. The molecule has 0 saturated heterocycles. The Labute approximate surface area is 126 Å². The highest BCUT2D eigenvalue weighted by atomic mass is 32.2. The zero-order chi connectivity index (χ0) is 15.7. The van der Waals surface area contributed by atoms with Crippen LogP contribution in [0.3, 0.4) is 0 Å². The normalized spacial score (nSPS) is 15.5. The average Bonchev–Trinajstić information content (AvgIpc) is 2.45. The molecule has 8 heteroatoms. The first kappa shape index (κ1) is 15.0. The van der Waals surface area contributed by atoms with Crippen LogP contribution in [-0.4, -0.2) is 29.2 Å². The first-order valence-corrected chi connectivity index (χ1v) is 8.25. The van der Waals surface area contributed by atoms with E-state index in [2.05, 4.69) is 9.97 Å². The van der Waals surface area contributed by atoms with Gasteiger partial charge in [0, 0.05) is 43.0 Å². The molecule has 0 saturated carbocycles. The molecule has 0 amide bonds. The second kappa shape index (κ2) is 5.69. The highest BCUT2D eigenvalue weighted by Gasteiger charge is 2.27. The third kappa shape index (κ3) is 3.12. The van der Waals surface area contributed by atoms with Crippen molar-refractivity contribution in [3.05, 3.63) is 59.2 Å². The molecule has 0 unspecified atom stereocenters. The maximum Gasteiger partial charge on any atom is 0.218 e. The van der Waals surface area contributed by atoms with Crippen molar-refractivity contribution in [1.29, 1.82) is 0 Å². The summed E-state index contributed by atoms with van der Waals surface area (Å²) < 4.78 is 52.5. The van der Waals surface area contributed by atoms with Gasteiger partial charge in [0.05, 0.1) is 5.75 Å². The number of sulfonamides is 1. The van der Waals surface area contributed by atoms with Gasteiger partial charge in [-0.25, -0.2) is 27.2 Å². The zero-order valence-corrected chi connectivity index (χ0v) is 12.4. The lowest BCUT2D eigenvalue weighted by molar-refractivity contribution is 0.386. The lowest BCUT2D eigenvalue weighted by Crippen LogP contribution is -2.37. The summed E-state index contributed by atoms with van der Waals surface area (Å²) in [6.07, 6.45) is 3.51. The molecule has 1 aliphatic rings. The Bertz CT molecular complexity index is 791. The molecule has 5 nitrogen and oxygen atoms in total. The van der Waals surface area contributed by atoms with Crippen LogP contribution >= 0.6 is 0 Å². The molecule has 1 aromatic heterocycles. The topological polar surface area (TPSA) is 63.2 Å². The van der Waals surface area contributed by atoms with E-state index in [-0.39, 0.29) is 12.1 Å². The third-order valence-corrected chi connectivity index (χ3v) is 5.29. The van der Waals surface area contributed by atoms with E-state index in [4.69, 9.17) is 0 Å². The highest BCUT2D eigenvalue weighted by Crippen LogP contribution is 2.21. The fraction of sp³-hybridized carbons (Fsp3) is 0.286. The molecule has 0 bridgehead atoms. The van der Waals surface area contributed by atoms with Gasteiger partial charge in [0.1, 0.15) is 18.0 Å². The molecule has 22 heavy (non-hydrogen) atoms. The van der Waals surface area contributed by atoms with E-state index < -0.39 is 27.4 Å². The predicted molar refractivity (Wildman–Crippen MR) is 75.1 cm³/mol. The number of hydrogen-bond acceptors (Lipinski definition) is 4. The molecule has 1 aliphatic heterocycles. The summed E-state index contributed by atoms with van der Waals surface area (Å²) >= 11 is 0. The number of aromatic nitrogens is 2. The van der Waals surface area contributed by atoms with Crippen LogP contribution in [0.1, 0.15) is 16.8 Å². The predicted octanol–water partition coefficient (Wildman–Crippen LogP) is 1.64. The van der Waals surface area contributed by atoms with Crippen molar-refractivity contribution in [2.75, 3.05) is 6.54 Å². The van der Waals surface area contributed by atoms with Crippen LogP contribution < -0.4 is 0 Å². The van der Waals surface area contributed by atoms with Crippen LogP contribution in [0.4, 0.5) is 8.78 Å². The van der Waals surface area contributed by atoms with Gasteiger partial charge in [-0.05, 0) is 17.7 Å². The van der Waals surface area contributed by atoms with Crippen molar-refractivity contribution in [1.82, 2.24) is 14.3 Å². The number of benzene rings is 1. The second-order valence-electron chi connectivity index (χ2n) is 5.11. The van der Waals surface area contributed by atoms with Gasteiger partial charge in [0.25, 0.3) is 0 Å². The maximum atomic E-state index is 13.2. The van der Waals surface area contributed by atoms with Gasteiger partial charge in [0.2, 0.25) is 10.0 Å². The largest absolute Gasteiger partial charge is 0.244 e. The Kier molecular flexibility index (Phi) is 3.88. The SMILES string of the molecule is O=S(=O)(Cc1cc(F)cc(F)c1)N1CCc2ncncc2C1. The van der Waals surface area contributed by atoms with E-state index in [1.165, 1.54) is 10.6 Å². The van der Waals surface area contributed by atoms with Crippen molar-refractivity contribution in [3.63, 3.8) is 0 Å². The van der Waals surface area contributed by atoms with E-state index in [9.17, 15) is 17.2 Å². The van der Waals surface area contributed by atoms with Crippen molar-refractivity contribution in [2.45, 2.75) is 18.7 Å². The molecule has 0 fully saturated rings. The van der Waals surface area contributed by atoms with Crippen LogP contribution in [0.25, 0.3) is 0 Å². The second-order valence-corrected chi connectivity index (χ2v) is 7.08. The molecule has 0 atom stereocenters. The maximum absolute atomic E-state index is 13.2. The molecule has 116 valence electrons. The fourth-order valence-electron chi connectivity index (χ4n) is 2.47. The lowest BCUT2D eigenvalue weighted by Gasteiger charge is -2.27. The molecule has 2 heterocycles. The van der Waals surface area contributed by atoms with E-state index >= 15 is 0 Å². The summed E-state index contributed by atoms with van der Waals surface area (Å²) in [5.41, 5.74) is 1.67. The number of nitrogens with zero attached hydrogens (tertiary/aromatic N) is 3. The molecular weight excluding hydrogens is 312 g/mol. The minimum absolute atomic E-state index is 0.0904. The van der Waals surface area contributed by atoms with Crippen molar-refractivity contribution in [3.8, 4) is 0 Å².